The number of hydrogen-bond donors (Lipinski definition) is 1. The number of benzene rings is 2. The smallest absolute Gasteiger partial charge is 0.231 e. The van der Waals surface area contributed by atoms with E-state index in [-0.39, 0.29) is 12.5 Å². The summed E-state index contributed by atoms with van der Waals surface area (Å²) in [5.41, 5.74) is 0. The first-order chi connectivity index (χ1) is 6.84. The second-order valence-corrected chi connectivity index (χ2v) is 3.20. The van der Waals surface area contributed by atoms with Crippen LogP contribution in [-0.2, 0) is 0 Å². The van der Waals surface area contributed by atoms with Crippen molar-refractivity contribution >= 4 is 10.8 Å². The number of fused-ring (bicyclic) bond motifs is 3. The second kappa shape index (κ2) is 2.54. The Labute approximate surface area is 80.5 Å². The molecule has 0 saturated carbocycles. The van der Waals surface area contributed by atoms with E-state index in [1.807, 2.05) is 18.2 Å². The van der Waals surface area contributed by atoms with Crippen molar-refractivity contribution in [3.63, 3.8) is 0 Å². The Kier molecular flexibility index (Phi) is 1.36. The Morgan fingerprint density at radius 2 is 2.00 bits per heavy atom. The van der Waals surface area contributed by atoms with Gasteiger partial charge in [0.05, 0.1) is 0 Å². The van der Waals surface area contributed by atoms with Crippen molar-refractivity contribution in [2.75, 3.05) is 6.79 Å². The van der Waals surface area contributed by atoms with Crippen LogP contribution in [0.25, 0.3) is 10.8 Å². The molecule has 0 radical (unpaired) electrons. The van der Waals surface area contributed by atoms with Crippen LogP contribution in [0, 0.1) is 0 Å². The van der Waals surface area contributed by atoms with Crippen molar-refractivity contribution in [2.24, 2.45) is 0 Å². The minimum absolute atomic E-state index is 0.261. The monoisotopic (exact) mass is 188 g/mol. The third-order valence-electron chi connectivity index (χ3n) is 2.34. The first kappa shape index (κ1) is 7.50. The van der Waals surface area contributed by atoms with Crippen molar-refractivity contribution in [2.45, 2.75) is 0 Å². The van der Waals surface area contributed by atoms with Crippen LogP contribution in [0.15, 0.2) is 30.3 Å². The molecule has 0 atom stereocenters. The van der Waals surface area contributed by atoms with E-state index in [0.717, 1.165) is 22.3 Å². The summed E-state index contributed by atoms with van der Waals surface area (Å²) in [4.78, 5) is 0. The minimum atomic E-state index is 0.261. The van der Waals surface area contributed by atoms with Gasteiger partial charge in [0.1, 0.15) is 5.75 Å². The molecule has 0 aliphatic carbocycles. The molecule has 1 aliphatic heterocycles. The molecule has 2 aromatic rings. The van der Waals surface area contributed by atoms with Crippen molar-refractivity contribution in [1.29, 1.82) is 0 Å². The lowest BCUT2D eigenvalue weighted by Gasteiger charge is -2.02. The van der Waals surface area contributed by atoms with Crippen molar-refractivity contribution < 1.29 is 14.6 Å². The van der Waals surface area contributed by atoms with E-state index in [4.69, 9.17) is 9.47 Å². The van der Waals surface area contributed by atoms with Gasteiger partial charge in [0.15, 0.2) is 11.5 Å². The lowest BCUT2D eigenvalue weighted by Crippen LogP contribution is -1.93. The zero-order valence-corrected chi connectivity index (χ0v) is 7.36. The Balaban J connectivity index is 2.39. The lowest BCUT2D eigenvalue weighted by atomic mass is 10.1. The largest absolute Gasteiger partial charge is 0.508 e. The highest BCUT2D eigenvalue weighted by Crippen LogP contribution is 2.39. The summed E-state index contributed by atoms with van der Waals surface area (Å²) in [5.74, 6) is 1.79. The Bertz CT molecular complexity index is 505. The van der Waals surface area contributed by atoms with Gasteiger partial charge < -0.3 is 14.6 Å². The van der Waals surface area contributed by atoms with E-state index in [1.54, 1.807) is 12.1 Å². The molecule has 0 unspecified atom stereocenters. The number of rotatable bonds is 0. The average molecular weight is 188 g/mol. The molecule has 70 valence electrons. The molecule has 3 nitrogen and oxygen atoms in total. The van der Waals surface area contributed by atoms with E-state index >= 15 is 0 Å². The molecule has 3 heteroatoms. The molecule has 0 amide bonds. The number of phenols is 1. The van der Waals surface area contributed by atoms with Crippen LogP contribution in [0.4, 0.5) is 0 Å². The molecule has 1 heterocycles. The van der Waals surface area contributed by atoms with Crippen LogP contribution in [0.5, 0.6) is 17.2 Å². The summed E-state index contributed by atoms with van der Waals surface area (Å²) < 4.78 is 10.6. The molecule has 2 aromatic carbocycles. The molecule has 0 spiro atoms. The van der Waals surface area contributed by atoms with Crippen molar-refractivity contribution in [3.8, 4) is 17.2 Å². The molecule has 14 heavy (non-hydrogen) atoms. The van der Waals surface area contributed by atoms with E-state index < -0.39 is 0 Å². The third-order valence-corrected chi connectivity index (χ3v) is 2.34. The number of hydrogen-bond acceptors (Lipinski definition) is 3. The fraction of sp³-hybridized carbons (Fsp3) is 0.0909. The summed E-state index contributed by atoms with van der Waals surface area (Å²) in [5, 5.41) is 11.2. The van der Waals surface area contributed by atoms with Gasteiger partial charge in [-0.15, -0.1) is 0 Å². The molecule has 3 rings (SSSR count). The molecular formula is C11H8O3. The summed E-state index contributed by atoms with van der Waals surface area (Å²) in [7, 11) is 0. The SMILES string of the molecule is Oc1ccc2c3c(ccc2c1)OCO3. The normalized spacial score (nSPS) is 13.4. The third kappa shape index (κ3) is 0.923. The Hall–Kier alpha value is -1.90. The molecular weight excluding hydrogens is 180 g/mol. The van der Waals surface area contributed by atoms with Gasteiger partial charge in [-0.05, 0) is 29.7 Å². The second-order valence-electron chi connectivity index (χ2n) is 3.20. The summed E-state index contributed by atoms with van der Waals surface area (Å²) in [6.07, 6.45) is 0. The van der Waals surface area contributed by atoms with Gasteiger partial charge in [0.2, 0.25) is 6.79 Å². The number of aromatic hydroxyl groups is 1. The first-order valence-electron chi connectivity index (χ1n) is 4.36. The van der Waals surface area contributed by atoms with Gasteiger partial charge in [-0.1, -0.05) is 6.07 Å². The van der Waals surface area contributed by atoms with Crippen LogP contribution >= 0.6 is 0 Å². The number of phenolic OH excluding ortho intramolecular Hbond substituents is 1. The molecule has 0 bridgehead atoms. The van der Waals surface area contributed by atoms with Gasteiger partial charge in [-0.2, -0.15) is 0 Å². The van der Waals surface area contributed by atoms with Gasteiger partial charge in [0, 0.05) is 5.39 Å². The van der Waals surface area contributed by atoms with Gasteiger partial charge >= 0.3 is 0 Å². The molecule has 0 aromatic heterocycles. The number of ether oxygens (including phenoxy) is 2. The predicted molar refractivity (Wildman–Crippen MR) is 51.7 cm³/mol. The highest BCUT2D eigenvalue weighted by atomic mass is 16.7. The highest BCUT2D eigenvalue weighted by molar-refractivity contribution is 5.92. The fourth-order valence-electron chi connectivity index (χ4n) is 1.68. The lowest BCUT2D eigenvalue weighted by molar-refractivity contribution is 0.175. The van der Waals surface area contributed by atoms with Crippen LogP contribution < -0.4 is 9.47 Å². The van der Waals surface area contributed by atoms with Crippen molar-refractivity contribution in [3.05, 3.63) is 30.3 Å². The topological polar surface area (TPSA) is 38.7 Å². The van der Waals surface area contributed by atoms with E-state index in [0.29, 0.717) is 0 Å². The molecule has 1 N–H and O–H groups in total. The zero-order chi connectivity index (χ0) is 9.54. The quantitative estimate of drug-likeness (QED) is 0.689. The van der Waals surface area contributed by atoms with Gasteiger partial charge in [-0.3, -0.25) is 0 Å². The van der Waals surface area contributed by atoms with Gasteiger partial charge in [-0.25, -0.2) is 0 Å². The maximum absolute atomic E-state index is 9.31. The highest BCUT2D eigenvalue weighted by Gasteiger charge is 2.16. The Morgan fingerprint density at radius 3 is 2.93 bits per heavy atom. The van der Waals surface area contributed by atoms with E-state index in [2.05, 4.69) is 0 Å². The van der Waals surface area contributed by atoms with Crippen LogP contribution in [-0.4, -0.2) is 11.9 Å². The first-order valence-corrected chi connectivity index (χ1v) is 4.36. The van der Waals surface area contributed by atoms with Crippen LogP contribution in [0.3, 0.4) is 0 Å². The average Bonchev–Trinajstić information content (AvgIpc) is 2.65. The summed E-state index contributed by atoms with van der Waals surface area (Å²) in [6, 6.07) is 8.94. The standard InChI is InChI=1S/C11H8O3/c12-8-2-3-9-7(5-8)1-4-10-11(9)14-6-13-10/h1-5,12H,6H2. The van der Waals surface area contributed by atoms with E-state index in [1.165, 1.54) is 0 Å². The summed E-state index contributed by atoms with van der Waals surface area (Å²) in [6.45, 7) is 0.273. The maximum Gasteiger partial charge on any atom is 0.231 e. The zero-order valence-electron chi connectivity index (χ0n) is 7.36. The minimum Gasteiger partial charge on any atom is -0.508 e. The van der Waals surface area contributed by atoms with Crippen LogP contribution in [0.1, 0.15) is 0 Å². The molecule has 0 saturated heterocycles. The Morgan fingerprint density at radius 1 is 1.07 bits per heavy atom. The predicted octanol–water partition coefficient (Wildman–Crippen LogP) is 2.27. The molecule has 0 fully saturated rings. The maximum atomic E-state index is 9.31. The van der Waals surface area contributed by atoms with Gasteiger partial charge in [0.25, 0.3) is 0 Å². The van der Waals surface area contributed by atoms with Crippen molar-refractivity contribution in [1.82, 2.24) is 0 Å². The van der Waals surface area contributed by atoms with E-state index in [9.17, 15) is 5.11 Å². The molecule has 1 aliphatic rings. The fourth-order valence-corrected chi connectivity index (χ4v) is 1.68. The summed E-state index contributed by atoms with van der Waals surface area (Å²) >= 11 is 0. The van der Waals surface area contributed by atoms with Crippen LogP contribution in [0.2, 0.25) is 0 Å².